The lowest BCUT2D eigenvalue weighted by Crippen LogP contribution is -2.30. The average molecular weight is 942 g/mol. The minimum Gasteiger partial charge on any atom is -0.462 e. The molecule has 392 valence electrons. The van der Waals surface area contributed by atoms with E-state index in [1.165, 1.54) is 180 Å². The van der Waals surface area contributed by atoms with Crippen molar-refractivity contribution in [3.8, 4) is 0 Å². The number of allylic oxidation sites excluding steroid dienone is 6. The van der Waals surface area contributed by atoms with E-state index >= 15 is 0 Å². The highest BCUT2D eigenvalue weighted by Crippen LogP contribution is 2.17. The van der Waals surface area contributed by atoms with E-state index in [9.17, 15) is 14.4 Å². The summed E-state index contributed by atoms with van der Waals surface area (Å²) in [5, 5.41) is 0. The van der Waals surface area contributed by atoms with Gasteiger partial charge in [0.25, 0.3) is 0 Å². The zero-order valence-corrected chi connectivity index (χ0v) is 44.9. The van der Waals surface area contributed by atoms with Crippen LogP contribution >= 0.6 is 0 Å². The summed E-state index contributed by atoms with van der Waals surface area (Å²) < 4.78 is 16.8. The Bertz CT molecular complexity index is 1130. The fourth-order valence-corrected chi connectivity index (χ4v) is 8.65. The smallest absolute Gasteiger partial charge is 0.306 e. The summed E-state index contributed by atoms with van der Waals surface area (Å²) in [7, 11) is 0. The van der Waals surface area contributed by atoms with Crippen LogP contribution in [0.4, 0.5) is 0 Å². The van der Waals surface area contributed by atoms with Gasteiger partial charge in [-0.3, -0.25) is 14.4 Å². The Labute approximate surface area is 416 Å². The fraction of sp³-hybridized carbons (Fsp3) is 0.852. The molecule has 0 bridgehead atoms. The van der Waals surface area contributed by atoms with Crippen LogP contribution in [0.2, 0.25) is 0 Å². The monoisotopic (exact) mass is 941 g/mol. The predicted octanol–water partition coefficient (Wildman–Crippen LogP) is 19.7. The Morgan fingerprint density at radius 3 is 0.910 bits per heavy atom. The topological polar surface area (TPSA) is 78.9 Å². The molecule has 0 aliphatic heterocycles. The zero-order chi connectivity index (χ0) is 48.6. The number of hydrogen-bond acceptors (Lipinski definition) is 6. The Morgan fingerprint density at radius 2 is 0.567 bits per heavy atom. The lowest BCUT2D eigenvalue weighted by molar-refractivity contribution is -0.167. The van der Waals surface area contributed by atoms with E-state index in [0.29, 0.717) is 19.3 Å². The SMILES string of the molecule is CCC/C=C\C/C=C\CCCCCCCC(=O)OC(COC(=O)CCCCCCC/C=C\CCCCCC)COC(=O)CCCCCCCCCCCCCCCCCCCCCCCCC. The summed E-state index contributed by atoms with van der Waals surface area (Å²) in [4.78, 5) is 38.1. The molecule has 67 heavy (non-hydrogen) atoms. The van der Waals surface area contributed by atoms with Gasteiger partial charge < -0.3 is 14.2 Å². The second-order valence-electron chi connectivity index (χ2n) is 19.9. The second kappa shape index (κ2) is 56.2. The number of esters is 3. The first-order valence-corrected chi connectivity index (χ1v) is 29.5. The number of carbonyl (C=O) groups is 3. The molecule has 1 atom stereocenters. The predicted molar refractivity (Wildman–Crippen MR) is 289 cm³/mol. The first kappa shape index (κ1) is 64.6. The number of unbranched alkanes of at least 4 members (excludes halogenated alkanes) is 37. The first-order valence-electron chi connectivity index (χ1n) is 29.5. The molecule has 0 heterocycles. The van der Waals surface area contributed by atoms with Crippen molar-refractivity contribution in [2.45, 2.75) is 322 Å². The van der Waals surface area contributed by atoms with Gasteiger partial charge in [0.05, 0.1) is 0 Å². The highest BCUT2D eigenvalue weighted by Gasteiger charge is 2.19. The summed E-state index contributed by atoms with van der Waals surface area (Å²) in [5.41, 5.74) is 0. The Hall–Kier alpha value is -2.37. The van der Waals surface area contributed by atoms with Crippen LogP contribution in [0.25, 0.3) is 0 Å². The van der Waals surface area contributed by atoms with Crippen molar-refractivity contribution in [3.63, 3.8) is 0 Å². The molecule has 0 fully saturated rings. The minimum atomic E-state index is -0.780. The molecule has 0 saturated heterocycles. The number of ether oxygens (including phenoxy) is 3. The fourth-order valence-electron chi connectivity index (χ4n) is 8.65. The van der Waals surface area contributed by atoms with Crippen molar-refractivity contribution in [1.82, 2.24) is 0 Å². The molecule has 0 rings (SSSR count). The number of rotatable bonds is 54. The van der Waals surface area contributed by atoms with E-state index in [4.69, 9.17) is 14.2 Å². The summed E-state index contributed by atoms with van der Waals surface area (Å²) in [6.07, 6.45) is 67.2. The van der Waals surface area contributed by atoms with Crippen LogP contribution in [0.3, 0.4) is 0 Å². The molecule has 0 aromatic carbocycles. The molecule has 0 aliphatic carbocycles. The molecule has 0 radical (unpaired) electrons. The number of hydrogen-bond donors (Lipinski definition) is 0. The Morgan fingerprint density at radius 1 is 0.299 bits per heavy atom. The largest absolute Gasteiger partial charge is 0.462 e. The maximum atomic E-state index is 12.8. The molecule has 6 nitrogen and oxygen atoms in total. The third-order valence-corrected chi connectivity index (χ3v) is 13.1. The van der Waals surface area contributed by atoms with Gasteiger partial charge >= 0.3 is 17.9 Å². The van der Waals surface area contributed by atoms with Gasteiger partial charge in [0.2, 0.25) is 0 Å². The van der Waals surface area contributed by atoms with E-state index in [0.717, 1.165) is 96.3 Å². The Kier molecular flexibility index (Phi) is 54.2. The van der Waals surface area contributed by atoms with E-state index in [1.54, 1.807) is 0 Å². The normalized spacial score (nSPS) is 12.2. The lowest BCUT2D eigenvalue weighted by atomic mass is 10.0. The van der Waals surface area contributed by atoms with E-state index in [2.05, 4.69) is 57.2 Å². The molecule has 0 aliphatic rings. The maximum absolute atomic E-state index is 12.8. The van der Waals surface area contributed by atoms with Crippen molar-refractivity contribution < 1.29 is 28.6 Å². The lowest BCUT2D eigenvalue weighted by Gasteiger charge is -2.18. The highest BCUT2D eigenvalue weighted by atomic mass is 16.6. The Balaban J connectivity index is 4.24. The average Bonchev–Trinajstić information content (AvgIpc) is 3.33. The maximum Gasteiger partial charge on any atom is 0.306 e. The van der Waals surface area contributed by atoms with Crippen LogP contribution in [0.5, 0.6) is 0 Å². The summed E-state index contributed by atoms with van der Waals surface area (Å²) in [6.45, 7) is 6.58. The van der Waals surface area contributed by atoms with Gasteiger partial charge in [0.15, 0.2) is 6.10 Å². The quantitative estimate of drug-likeness (QED) is 0.0262. The third-order valence-electron chi connectivity index (χ3n) is 13.1. The van der Waals surface area contributed by atoms with Crippen LogP contribution in [0, 0.1) is 0 Å². The van der Waals surface area contributed by atoms with Gasteiger partial charge in [-0.15, -0.1) is 0 Å². The van der Waals surface area contributed by atoms with Gasteiger partial charge in [-0.25, -0.2) is 0 Å². The highest BCUT2D eigenvalue weighted by molar-refractivity contribution is 5.71. The van der Waals surface area contributed by atoms with Crippen LogP contribution in [0.15, 0.2) is 36.5 Å². The van der Waals surface area contributed by atoms with Gasteiger partial charge in [-0.1, -0.05) is 263 Å². The molecule has 0 spiro atoms. The van der Waals surface area contributed by atoms with Crippen molar-refractivity contribution in [2.24, 2.45) is 0 Å². The molecule has 0 aromatic rings. The standard InChI is InChI=1S/C61H112O6/c1-4-7-10-13-16-19-22-25-26-27-28-29-30-31-32-33-34-37-39-42-45-48-51-54-60(63)66-57-58(67-61(64)55-52-49-46-43-40-36-24-21-18-15-12-9-6-3)56-65-59(62)53-50-47-44-41-38-35-23-20-17-14-11-8-5-2/h12,15,20-21,23-24,58H,4-11,13-14,16-19,22,25-57H2,1-3H3/b15-12-,23-20-,24-21-. The molecule has 0 saturated carbocycles. The van der Waals surface area contributed by atoms with Crippen LogP contribution in [0.1, 0.15) is 316 Å². The number of carbonyl (C=O) groups excluding carboxylic acids is 3. The van der Waals surface area contributed by atoms with Crippen molar-refractivity contribution in [3.05, 3.63) is 36.5 Å². The summed E-state index contributed by atoms with van der Waals surface area (Å²) >= 11 is 0. The zero-order valence-electron chi connectivity index (χ0n) is 44.9. The second-order valence-corrected chi connectivity index (χ2v) is 19.9. The van der Waals surface area contributed by atoms with Crippen molar-refractivity contribution >= 4 is 17.9 Å². The molecule has 6 heteroatoms. The molecule has 1 unspecified atom stereocenters. The molecule has 0 aromatic heterocycles. The molecule has 0 N–H and O–H groups in total. The first-order chi connectivity index (χ1) is 33.0. The van der Waals surface area contributed by atoms with Gasteiger partial charge in [-0.2, -0.15) is 0 Å². The van der Waals surface area contributed by atoms with E-state index < -0.39 is 6.10 Å². The minimum absolute atomic E-state index is 0.0771. The van der Waals surface area contributed by atoms with Crippen LogP contribution in [-0.2, 0) is 28.6 Å². The van der Waals surface area contributed by atoms with Crippen molar-refractivity contribution in [2.75, 3.05) is 13.2 Å². The van der Waals surface area contributed by atoms with Gasteiger partial charge in [0.1, 0.15) is 13.2 Å². The molecular formula is C61H112O6. The summed E-state index contributed by atoms with van der Waals surface area (Å²) in [6, 6.07) is 0. The van der Waals surface area contributed by atoms with Crippen LogP contribution in [-0.4, -0.2) is 37.2 Å². The van der Waals surface area contributed by atoms with Crippen LogP contribution < -0.4 is 0 Å². The molecular weight excluding hydrogens is 829 g/mol. The van der Waals surface area contributed by atoms with E-state index in [1.807, 2.05) is 0 Å². The van der Waals surface area contributed by atoms with E-state index in [-0.39, 0.29) is 31.1 Å². The third kappa shape index (κ3) is 54.4. The summed E-state index contributed by atoms with van der Waals surface area (Å²) in [5.74, 6) is -0.885. The molecule has 0 amide bonds. The van der Waals surface area contributed by atoms with Crippen molar-refractivity contribution in [1.29, 1.82) is 0 Å². The van der Waals surface area contributed by atoms with Gasteiger partial charge in [0, 0.05) is 19.3 Å². The van der Waals surface area contributed by atoms with Gasteiger partial charge in [-0.05, 0) is 70.6 Å².